The number of hydrogen-bond acceptors (Lipinski definition) is 3. The smallest absolute Gasteiger partial charge is 0.336 e. The second kappa shape index (κ2) is 5.26. The number of carbonyl (C=O) groups excluding carboxylic acids is 1. The zero-order chi connectivity index (χ0) is 13.9. The topological polar surface area (TPSA) is 44.1 Å². The molecular formula is C15H18N2O2. The van der Waals surface area contributed by atoms with E-state index in [9.17, 15) is 4.79 Å². The summed E-state index contributed by atoms with van der Waals surface area (Å²) in [6.45, 7) is 5.91. The number of benzene rings is 1. The van der Waals surface area contributed by atoms with Crippen molar-refractivity contribution >= 4 is 5.97 Å². The van der Waals surface area contributed by atoms with Gasteiger partial charge in [-0.15, -0.1) is 0 Å². The molecule has 100 valence electrons. The summed E-state index contributed by atoms with van der Waals surface area (Å²) in [5, 5.41) is 0. The van der Waals surface area contributed by atoms with Crippen LogP contribution in [0.15, 0.2) is 42.9 Å². The van der Waals surface area contributed by atoms with Gasteiger partial charge in [-0.2, -0.15) is 0 Å². The number of carbonyl (C=O) groups is 1. The lowest BCUT2D eigenvalue weighted by molar-refractivity contribution is -0.150. The van der Waals surface area contributed by atoms with E-state index in [-0.39, 0.29) is 5.97 Å². The van der Waals surface area contributed by atoms with E-state index in [0.717, 1.165) is 11.3 Å². The molecule has 19 heavy (non-hydrogen) atoms. The lowest BCUT2D eigenvalue weighted by Crippen LogP contribution is -2.41. The highest BCUT2D eigenvalue weighted by molar-refractivity contribution is 5.82. The fourth-order valence-electron chi connectivity index (χ4n) is 2.07. The van der Waals surface area contributed by atoms with Gasteiger partial charge >= 0.3 is 5.97 Å². The van der Waals surface area contributed by atoms with Crippen LogP contribution >= 0.6 is 0 Å². The molecule has 1 atom stereocenters. The van der Waals surface area contributed by atoms with Crippen molar-refractivity contribution < 1.29 is 9.53 Å². The maximum absolute atomic E-state index is 12.4. The van der Waals surface area contributed by atoms with Crippen LogP contribution in [-0.2, 0) is 15.1 Å². The molecule has 2 aromatic rings. The van der Waals surface area contributed by atoms with E-state index >= 15 is 0 Å². The van der Waals surface area contributed by atoms with Gasteiger partial charge in [0.05, 0.1) is 18.6 Å². The van der Waals surface area contributed by atoms with Crippen LogP contribution in [0, 0.1) is 6.92 Å². The van der Waals surface area contributed by atoms with Crippen LogP contribution in [0.5, 0.6) is 0 Å². The van der Waals surface area contributed by atoms with Crippen molar-refractivity contribution in [3.05, 3.63) is 54.1 Å². The lowest BCUT2D eigenvalue weighted by Gasteiger charge is -2.29. The van der Waals surface area contributed by atoms with Gasteiger partial charge in [0.2, 0.25) is 0 Å². The van der Waals surface area contributed by atoms with Crippen LogP contribution in [0.2, 0.25) is 0 Å². The van der Waals surface area contributed by atoms with Gasteiger partial charge in [0.1, 0.15) is 0 Å². The zero-order valence-corrected chi connectivity index (χ0v) is 11.5. The van der Waals surface area contributed by atoms with Crippen molar-refractivity contribution in [2.75, 3.05) is 6.61 Å². The van der Waals surface area contributed by atoms with E-state index < -0.39 is 5.54 Å². The highest BCUT2D eigenvalue weighted by Crippen LogP contribution is 2.27. The number of aryl methyl sites for hydroxylation is 1. The van der Waals surface area contributed by atoms with E-state index in [1.165, 1.54) is 0 Å². The highest BCUT2D eigenvalue weighted by atomic mass is 16.5. The Balaban J connectivity index is 2.53. The molecule has 0 radical (unpaired) electrons. The first-order valence-electron chi connectivity index (χ1n) is 6.33. The fourth-order valence-corrected chi connectivity index (χ4v) is 2.07. The number of ether oxygens (including phenoxy) is 1. The third-order valence-corrected chi connectivity index (χ3v) is 3.24. The van der Waals surface area contributed by atoms with Crippen LogP contribution < -0.4 is 0 Å². The van der Waals surface area contributed by atoms with Gasteiger partial charge in [-0.05, 0) is 26.3 Å². The fraction of sp³-hybridized carbons (Fsp3) is 0.333. The van der Waals surface area contributed by atoms with Crippen LogP contribution in [0.4, 0.5) is 0 Å². The highest BCUT2D eigenvalue weighted by Gasteiger charge is 2.38. The van der Waals surface area contributed by atoms with Crippen LogP contribution in [0.25, 0.3) is 0 Å². The Morgan fingerprint density at radius 1 is 1.37 bits per heavy atom. The van der Waals surface area contributed by atoms with Gasteiger partial charge in [-0.3, -0.25) is 0 Å². The first-order valence-corrected chi connectivity index (χ1v) is 6.33. The lowest BCUT2D eigenvalue weighted by atomic mass is 9.92. The Hall–Kier alpha value is -2.10. The van der Waals surface area contributed by atoms with Crippen molar-refractivity contribution in [3.63, 3.8) is 0 Å². The molecule has 0 aliphatic rings. The third kappa shape index (κ3) is 2.38. The average molecular weight is 258 g/mol. The minimum atomic E-state index is -0.890. The first-order chi connectivity index (χ1) is 9.09. The molecule has 4 heteroatoms. The van der Waals surface area contributed by atoms with Gasteiger partial charge < -0.3 is 9.30 Å². The second-order valence-corrected chi connectivity index (χ2v) is 4.58. The molecule has 0 saturated carbocycles. The molecular weight excluding hydrogens is 240 g/mol. The molecule has 0 N–H and O–H groups in total. The largest absolute Gasteiger partial charge is 0.464 e. The molecule has 0 aliphatic carbocycles. The van der Waals surface area contributed by atoms with Gasteiger partial charge in [-0.25, -0.2) is 9.78 Å². The molecule has 1 aromatic heterocycles. The van der Waals surface area contributed by atoms with Crippen molar-refractivity contribution in [2.24, 2.45) is 0 Å². The molecule has 0 spiro atoms. The molecule has 0 saturated heterocycles. The van der Waals surface area contributed by atoms with Gasteiger partial charge in [-0.1, -0.05) is 30.3 Å². The summed E-state index contributed by atoms with van der Waals surface area (Å²) in [4.78, 5) is 16.6. The molecule has 1 aromatic carbocycles. The molecule has 2 rings (SSSR count). The quantitative estimate of drug-likeness (QED) is 0.791. The first kappa shape index (κ1) is 13.3. The van der Waals surface area contributed by atoms with Crippen molar-refractivity contribution in [1.82, 2.24) is 9.55 Å². The summed E-state index contributed by atoms with van der Waals surface area (Å²) in [6, 6.07) is 9.60. The summed E-state index contributed by atoms with van der Waals surface area (Å²) in [5.41, 5.74) is 0.857. The SMILES string of the molecule is CCOC(=O)C(C)(c1ccccc1)n1cnc(C)c1. The average Bonchev–Trinajstić information content (AvgIpc) is 2.86. The Labute approximate surface area is 113 Å². The maximum Gasteiger partial charge on any atom is 0.336 e. The van der Waals surface area contributed by atoms with E-state index in [1.807, 2.05) is 57.3 Å². The Bertz CT molecular complexity index is 563. The van der Waals surface area contributed by atoms with E-state index in [2.05, 4.69) is 4.98 Å². The zero-order valence-electron chi connectivity index (χ0n) is 11.5. The van der Waals surface area contributed by atoms with Gasteiger partial charge in [0, 0.05) is 6.20 Å². The molecule has 0 amide bonds. The van der Waals surface area contributed by atoms with Crippen molar-refractivity contribution in [1.29, 1.82) is 0 Å². The minimum Gasteiger partial charge on any atom is -0.464 e. The number of imidazole rings is 1. The monoisotopic (exact) mass is 258 g/mol. The molecule has 0 fully saturated rings. The summed E-state index contributed by atoms with van der Waals surface area (Å²) in [7, 11) is 0. The van der Waals surface area contributed by atoms with Crippen LogP contribution in [-0.4, -0.2) is 22.1 Å². The predicted molar refractivity (Wildman–Crippen MR) is 72.8 cm³/mol. The number of rotatable bonds is 4. The Morgan fingerprint density at radius 2 is 2.05 bits per heavy atom. The molecule has 1 heterocycles. The van der Waals surface area contributed by atoms with Crippen LogP contribution in [0.1, 0.15) is 25.1 Å². The van der Waals surface area contributed by atoms with E-state index in [1.54, 1.807) is 10.9 Å². The molecule has 0 bridgehead atoms. The number of hydrogen-bond donors (Lipinski definition) is 0. The number of aromatic nitrogens is 2. The van der Waals surface area contributed by atoms with Gasteiger partial charge in [0.15, 0.2) is 5.54 Å². The van der Waals surface area contributed by atoms with E-state index in [4.69, 9.17) is 4.74 Å². The molecule has 4 nitrogen and oxygen atoms in total. The normalized spacial score (nSPS) is 13.8. The molecule has 0 aliphatic heterocycles. The maximum atomic E-state index is 12.4. The van der Waals surface area contributed by atoms with Crippen LogP contribution in [0.3, 0.4) is 0 Å². The summed E-state index contributed by atoms with van der Waals surface area (Å²) in [5.74, 6) is -0.279. The van der Waals surface area contributed by atoms with Crippen molar-refractivity contribution in [2.45, 2.75) is 26.3 Å². The third-order valence-electron chi connectivity index (χ3n) is 3.24. The number of esters is 1. The Kier molecular flexibility index (Phi) is 3.69. The second-order valence-electron chi connectivity index (χ2n) is 4.58. The standard InChI is InChI=1S/C15H18N2O2/c1-4-19-14(18)15(3,13-8-6-5-7-9-13)17-10-12(2)16-11-17/h5-11H,4H2,1-3H3. The minimum absolute atomic E-state index is 0.279. The summed E-state index contributed by atoms with van der Waals surface area (Å²) < 4.78 is 7.04. The summed E-state index contributed by atoms with van der Waals surface area (Å²) >= 11 is 0. The molecule has 1 unspecified atom stereocenters. The number of nitrogens with zero attached hydrogens (tertiary/aromatic N) is 2. The Morgan fingerprint density at radius 3 is 2.58 bits per heavy atom. The van der Waals surface area contributed by atoms with Gasteiger partial charge in [0.25, 0.3) is 0 Å². The van der Waals surface area contributed by atoms with Crippen molar-refractivity contribution in [3.8, 4) is 0 Å². The van der Waals surface area contributed by atoms with E-state index in [0.29, 0.717) is 6.61 Å². The summed E-state index contributed by atoms with van der Waals surface area (Å²) in [6.07, 6.45) is 3.52. The predicted octanol–water partition coefficient (Wildman–Crippen LogP) is 2.52.